The Bertz CT molecular complexity index is 331. The molecular formula is C14H18N2. The number of pyridine rings is 1. The van der Waals surface area contributed by atoms with E-state index >= 15 is 0 Å². The van der Waals surface area contributed by atoms with Gasteiger partial charge < -0.3 is 5.32 Å². The molecule has 2 heteroatoms. The zero-order valence-electron chi connectivity index (χ0n) is 9.85. The van der Waals surface area contributed by atoms with E-state index in [0.717, 1.165) is 12.2 Å². The summed E-state index contributed by atoms with van der Waals surface area (Å²) >= 11 is 0. The second kappa shape index (κ2) is 7.46. The first-order chi connectivity index (χ1) is 7.95. The molecule has 0 saturated carbocycles. The zero-order chi connectivity index (χ0) is 11.6. The van der Waals surface area contributed by atoms with Crippen molar-refractivity contribution in [2.24, 2.45) is 0 Å². The molecule has 0 amide bonds. The summed E-state index contributed by atoms with van der Waals surface area (Å²) in [4.78, 5) is 3.97. The normalized spacial score (nSPS) is 8.88. The van der Waals surface area contributed by atoms with E-state index in [2.05, 4.69) is 22.4 Å². The maximum Gasteiger partial charge on any atom is 0.0401 e. The van der Waals surface area contributed by atoms with E-state index in [9.17, 15) is 0 Å². The molecule has 2 rings (SSSR count). The Hall–Kier alpha value is -1.83. The third-order valence-corrected chi connectivity index (χ3v) is 2.02. The predicted octanol–water partition coefficient (Wildman–Crippen LogP) is 3.72. The summed E-state index contributed by atoms with van der Waals surface area (Å²) in [6.45, 7) is 4.84. The number of anilines is 1. The number of hydrogen-bond donors (Lipinski definition) is 1. The Kier molecular flexibility index (Phi) is 5.71. The lowest BCUT2D eigenvalue weighted by atomic mass is 10.2. The molecular weight excluding hydrogens is 196 g/mol. The first-order valence-corrected chi connectivity index (χ1v) is 5.63. The van der Waals surface area contributed by atoms with Crippen molar-refractivity contribution in [2.45, 2.75) is 20.4 Å². The van der Waals surface area contributed by atoms with E-state index in [0.29, 0.717) is 0 Å². The van der Waals surface area contributed by atoms with Crippen LogP contribution >= 0.6 is 0 Å². The lowest BCUT2D eigenvalue weighted by Gasteiger charge is -2.05. The molecule has 1 aromatic heterocycles. The van der Waals surface area contributed by atoms with Crippen LogP contribution in [0.25, 0.3) is 0 Å². The van der Waals surface area contributed by atoms with Crippen molar-refractivity contribution in [2.75, 3.05) is 5.32 Å². The summed E-state index contributed by atoms with van der Waals surface area (Å²) in [6, 6.07) is 14.2. The molecule has 0 fully saturated rings. The van der Waals surface area contributed by atoms with Crippen molar-refractivity contribution in [3.05, 3.63) is 60.4 Å². The molecule has 1 heterocycles. The van der Waals surface area contributed by atoms with Gasteiger partial charge in [0.25, 0.3) is 0 Å². The van der Waals surface area contributed by atoms with E-state index in [1.165, 1.54) is 5.56 Å². The summed E-state index contributed by atoms with van der Waals surface area (Å²) in [7, 11) is 0. The second-order valence-electron chi connectivity index (χ2n) is 3.08. The van der Waals surface area contributed by atoms with E-state index < -0.39 is 0 Å². The van der Waals surface area contributed by atoms with Gasteiger partial charge in [-0.15, -0.1) is 0 Å². The maximum atomic E-state index is 3.97. The first-order valence-electron chi connectivity index (χ1n) is 5.63. The quantitative estimate of drug-likeness (QED) is 0.842. The molecule has 0 aliphatic heterocycles. The number of benzene rings is 1. The van der Waals surface area contributed by atoms with Gasteiger partial charge in [-0.3, -0.25) is 4.98 Å². The summed E-state index contributed by atoms with van der Waals surface area (Å²) in [5.41, 5.74) is 2.38. The monoisotopic (exact) mass is 214 g/mol. The Morgan fingerprint density at radius 1 is 0.938 bits per heavy atom. The number of rotatable bonds is 3. The van der Waals surface area contributed by atoms with Gasteiger partial charge in [-0.2, -0.15) is 0 Å². The van der Waals surface area contributed by atoms with Crippen molar-refractivity contribution in [1.29, 1.82) is 0 Å². The van der Waals surface area contributed by atoms with Crippen molar-refractivity contribution >= 4 is 5.69 Å². The lowest BCUT2D eigenvalue weighted by Crippen LogP contribution is -1.98. The largest absolute Gasteiger partial charge is 0.381 e. The highest BCUT2D eigenvalue weighted by Gasteiger charge is 1.91. The minimum Gasteiger partial charge on any atom is -0.381 e. The standard InChI is InChI=1S/C12H12N2.C2H6/c1-2-4-12(5-3-1)14-10-11-6-8-13-9-7-11;1-2/h1-9,14H,10H2;1-2H3. The molecule has 0 saturated heterocycles. The van der Waals surface area contributed by atoms with Gasteiger partial charge in [0, 0.05) is 24.6 Å². The fourth-order valence-electron chi connectivity index (χ4n) is 1.26. The van der Waals surface area contributed by atoms with E-state index in [-0.39, 0.29) is 0 Å². The summed E-state index contributed by atoms with van der Waals surface area (Å²) in [5.74, 6) is 0. The van der Waals surface area contributed by atoms with Gasteiger partial charge in [-0.05, 0) is 29.8 Å². The molecule has 84 valence electrons. The highest BCUT2D eigenvalue weighted by atomic mass is 14.9. The molecule has 0 radical (unpaired) electrons. The summed E-state index contributed by atoms with van der Waals surface area (Å²) in [5, 5.41) is 3.33. The van der Waals surface area contributed by atoms with Crippen LogP contribution in [-0.4, -0.2) is 4.98 Å². The van der Waals surface area contributed by atoms with Gasteiger partial charge in [0.1, 0.15) is 0 Å². The highest BCUT2D eigenvalue weighted by Crippen LogP contribution is 2.07. The van der Waals surface area contributed by atoms with Crippen molar-refractivity contribution in [3.63, 3.8) is 0 Å². The molecule has 1 N–H and O–H groups in total. The Morgan fingerprint density at radius 3 is 2.19 bits per heavy atom. The smallest absolute Gasteiger partial charge is 0.0401 e. The van der Waals surface area contributed by atoms with Crippen LogP contribution in [0.2, 0.25) is 0 Å². The van der Waals surface area contributed by atoms with E-state index in [1.807, 2.05) is 56.6 Å². The molecule has 2 aromatic rings. The molecule has 2 nitrogen and oxygen atoms in total. The number of para-hydroxylation sites is 1. The van der Waals surface area contributed by atoms with Crippen molar-refractivity contribution < 1.29 is 0 Å². The van der Waals surface area contributed by atoms with Crippen LogP contribution in [0.5, 0.6) is 0 Å². The molecule has 0 bridgehead atoms. The molecule has 16 heavy (non-hydrogen) atoms. The van der Waals surface area contributed by atoms with Gasteiger partial charge in [0.05, 0.1) is 0 Å². The molecule has 0 atom stereocenters. The average Bonchev–Trinajstić information content (AvgIpc) is 2.41. The van der Waals surface area contributed by atoms with Crippen LogP contribution in [0.15, 0.2) is 54.9 Å². The second-order valence-corrected chi connectivity index (χ2v) is 3.08. The minimum atomic E-state index is 0.840. The first kappa shape index (κ1) is 12.2. The van der Waals surface area contributed by atoms with E-state index in [1.54, 1.807) is 0 Å². The van der Waals surface area contributed by atoms with Crippen molar-refractivity contribution in [1.82, 2.24) is 4.98 Å². The fourth-order valence-corrected chi connectivity index (χ4v) is 1.26. The van der Waals surface area contributed by atoms with Crippen LogP contribution in [0.3, 0.4) is 0 Å². The Labute approximate surface area is 97.4 Å². The summed E-state index contributed by atoms with van der Waals surface area (Å²) in [6.07, 6.45) is 3.62. The van der Waals surface area contributed by atoms with Gasteiger partial charge in [-0.1, -0.05) is 32.0 Å². The van der Waals surface area contributed by atoms with Gasteiger partial charge in [0.2, 0.25) is 0 Å². The minimum absolute atomic E-state index is 0.840. The topological polar surface area (TPSA) is 24.9 Å². The van der Waals surface area contributed by atoms with Crippen LogP contribution in [0, 0.1) is 0 Å². The molecule has 0 aliphatic rings. The van der Waals surface area contributed by atoms with Crippen LogP contribution < -0.4 is 5.32 Å². The molecule has 1 aromatic carbocycles. The number of aromatic nitrogens is 1. The number of nitrogens with one attached hydrogen (secondary N) is 1. The van der Waals surface area contributed by atoms with Gasteiger partial charge in [0.15, 0.2) is 0 Å². The van der Waals surface area contributed by atoms with Crippen molar-refractivity contribution in [3.8, 4) is 0 Å². The van der Waals surface area contributed by atoms with Crippen LogP contribution in [-0.2, 0) is 6.54 Å². The SMILES string of the molecule is CC.c1ccc(NCc2ccncc2)cc1. The molecule has 0 unspecified atom stereocenters. The van der Waals surface area contributed by atoms with Gasteiger partial charge in [-0.25, -0.2) is 0 Å². The molecule has 0 spiro atoms. The van der Waals surface area contributed by atoms with Crippen LogP contribution in [0.1, 0.15) is 19.4 Å². The molecule has 0 aliphatic carbocycles. The Morgan fingerprint density at radius 2 is 1.56 bits per heavy atom. The maximum absolute atomic E-state index is 3.97. The number of nitrogens with zero attached hydrogens (tertiary/aromatic N) is 1. The zero-order valence-corrected chi connectivity index (χ0v) is 9.85. The van der Waals surface area contributed by atoms with Crippen LogP contribution in [0.4, 0.5) is 5.69 Å². The van der Waals surface area contributed by atoms with Gasteiger partial charge >= 0.3 is 0 Å². The van der Waals surface area contributed by atoms with E-state index in [4.69, 9.17) is 0 Å². The predicted molar refractivity (Wildman–Crippen MR) is 69.4 cm³/mol. The average molecular weight is 214 g/mol. The summed E-state index contributed by atoms with van der Waals surface area (Å²) < 4.78 is 0. The third-order valence-electron chi connectivity index (χ3n) is 2.02. The third kappa shape index (κ3) is 4.13. The Balaban J connectivity index is 0.000000606. The number of hydrogen-bond acceptors (Lipinski definition) is 2. The lowest BCUT2D eigenvalue weighted by molar-refractivity contribution is 1.13. The highest BCUT2D eigenvalue weighted by molar-refractivity contribution is 5.42. The fraction of sp³-hybridized carbons (Fsp3) is 0.214.